The highest BCUT2D eigenvalue weighted by atomic mass is 16.7. The van der Waals surface area contributed by atoms with E-state index in [-0.39, 0.29) is 25.2 Å². The Morgan fingerprint density at radius 2 is 2.00 bits per heavy atom. The predicted octanol–water partition coefficient (Wildman–Crippen LogP) is 1.88. The number of carbonyl (C=O) groups excluding carboxylic acids is 1. The van der Waals surface area contributed by atoms with Gasteiger partial charge in [0.05, 0.1) is 11.6 Å². The molecule has 8 heteroatoms. The predicted molar refractivity (Wildman–Crippen MR) is 95.0 cm³/mol. The van der Waals surface area contributed by atoms with Gasteiger partial charge >= 0.3 is 5.97 Å². The molecule has 1 aromatic carbocycles. The van der Waals surface area contributed by atoms with Crippen LogP contribution in [0.25, 0.3) is 0 Å². The van der Waals surface area contributed by atoms with Gasteiger partial charge in [-0.2, -0.15) is 5.10 Å². The Bertz CT molecular complexity index is 907. The topological polar surface area (TPSA) is 93.9 Å². The molecule has 0 spiro atoms. The zero-order valence-corrected chi connectivity index (χ0v) is 15.2. The quantitative estimate of drug-likeness (QED) is 0.882. The van der Waals surface area contributed by atoms with Gasteiger partial charge in [0.15, 0.2) is 11.5 Å². The summed E-state index contributed by atoms with van der Waals surface area (Å²) in [6.07, 6.45) is 0. The average Bonchev–Trinajstić information content (AvgIpc) is 3.37. The first-order valence-corrected chi connectivity index (χ1v) is 8.94. The number of carboxylic acid groups (broad SMARTS) is 1. The summed E-state index contributed by atoms with van der Waals surface area (Å²) in [5, 5.41) is 14.0. The lowest BCUT2D eigenvalue weighted by Gasteiger charge is -2.17. The van der Waals surface area contributed by atoms with Gasteiger partial charge in [0, 0.05) is 25.6 Å². The number of rotatable bonds is 4. The maximum Gasteiger partial charge on any atom is 0.308 e. The van der Waals surface area contributed by atoms with E-state index in [9.17, 15) is 14.7 Å². The number of benzene rings is 1. The van der Waals surface area contributed by atoms with Gasteiger partial charge in [0.25, 0.3) is 5.91 Å². The number of aryl methyl sites for hydroxylation is 2. The van der Waals surface area contributed by atoms with Crippen molar-refractivity contribution in [2.75, 3.05) is 19.9 Å². The molecule has 0 aliphatic carbocycles. The summed E-state index contributed by atoms with van der Waals surface area (Å²) in [6, 6.07) is 7.20. The van der Waals surface area contributed by atoms with Crippen molar-refractivity contribution < 1.29 is 24.2 Å². The molecule has 4 rings (SSSR count). The molecule has 142 valence electrons. The highest BCUT2D eigenvalue weighted by Gasteiger charge is 2.41. The van der Waals surface area contributed by atoms with E-state index in [2.05, 4.69) is 5.10 Å². The highest BCUT2D eigenvalue weighted by molar-refractivity contribution is 5.93. The van der Waals surface area contributed by atoms with E-state index in [1.54, 1.807) is 21.7 Å². The van der Waals surface area contributed by atoms with Crippen LogP contribution in [0.4, 0.5) is 0 Å². The van der Waals surface area contributed by atoms with Crippen LogP contribution in [0.1, 0.15) is 34.6 Å². The zero-order valence-electron chi connectivity index (χ0n) is 15.2. The molecule has 2 aromatic rings. The number of nitrogens with zero attached hydrogens (tertiary/aromatic N) is 3. The normalized spacial score (nSPS) is 20.9. The van der Waals surface area contributed by atoms with E-state index in [1.807, 2.05) is 26.0 Å². The molecule has 0 unspecified atom stereocenters. The number of fused-ring (bicyclic) bond motifs is 1. The van der Waals surface area contributed by atoms with E-state index in [1.165, 1.54) is 0 Å². The van der Waals surface area contributed by atoms with Crippen LogP contribution in [0.3, 0.4) is 0 Å². The van der Waals surface area contributed by atoms with Crippen molar-refractivity contribution in [1.29, 1.82) is 0 Å². The molecular formula is C19H21N3O5. The largest absolute Gasteiger partial charge is 0.481 e. The number of ether oxygens (including phenoxy) is 2. The van der Waals surface area contributed by atoms with Gasteiger partial charge in [-0.05, 0) is 37.6 Å². The summed E-state index contributed by atoms with van der Waals surface area (Å²) in [5.74, 6) is -0.812. The fourth-order valence-electron chi connectivity index (χ4n) is 3.82. The van der Waals surface area contributed by atoms with Crippen LogP contribution in [-0.2, 0) is 11.3 Å². The molecule has 0 bridgehead atoms. The lowest BCUT2D eigenvalue weighted by atomic mass is 9.89. The van der Waals surface area contributed by atoms with Gasteiger partial charge in [0.1, 0.15) is 5.69 Å². The minimum absolute atomic E-state index is 0.163. The van der Waals surface area contributed by atoms with Crippen LogP contribution in [-0.4, -0.2) is 51.5 Å². The van der Waals surface area contributed by atoms with Gasteiger partial charge in [-0.3, -0.25) is 14.3 Å². The van der Waals surface area contributed by atoms with Crippen molar-refractivity contribution in [3.8, 4) is 11.5 Å². The molecular weight excluding hydrogens is 350 g/mol. The minimum Gasteiger partial charge on any atom is -0.481 e. The summed E-state index contributed by atoms with van der Waals surface area (Å²) in [5.41, 5.74) is 2.09. The number of hydrogen-bond acceptors (Lipinski definition) is 5. The van der Waals surface area contributed by atoms with Crippen molar-refractivity contribution in [1.82, 2.24) is 14.7 Å². The third-order valence-electron chi connectivity index (χ3n) is 5.17. The van der Waals surface area contributed by atoms with Crippen molar-refractivity contribution in [2.24, 2.45) is 5.92 Å². The monoisotopic (exact) mass is 371 g/mol. The van der Waals surface area contributed by atoms with Crippen molar-refractivity contribution in [3.63, 3.8) is 0 Å². The summed E-state index contributed by atoms with van der Waals surface area (Å²) >= 11 is 0. The third-order valence-corrected chi connectivity index (χ3v) is 5.17. The summed E-state index contributed by atoms with van der Waals surface area (Å²) in [7, 11) is 0. The van der Waals surface area contributed by atoms with Crippen LogP contribution >= 0.6 is 0 Å². The van der Waals surface area contributed by atoms with E-state index in [0.29, 0.717) is 30.3 Å². The fourth-order valence-corrected chi connectivity index (χ4v) is 3.82. The van der Waals surface area contributed by atoms with Crippen LogP contribution in [0.2, 0.25) is 0 Å². The second-order valence-corrected chi connectivity index (χ2v) is 6.86. The van der Waals surface area contributed by atoms with Crippen molar-refractivity contribution in [2.45, 2.75) is 26.3 Å². The van der Waals surface area contributed by atoms with Crippen molar-refractivity contribution >= 4 is 11.9 Å². The number of carbonyl (C=O) groups is 2. The van der Waals surface area contributed by atoms with Crippen LogP contribution in [0.5, 0.6) is 11.5 Å². The number of amides is 1. The Morgan fingerprint density at radius 3 is 2.74 bits per heavy atom. The van der Waals surface area contributed by atoms with E-state index in [0.717, 1.165) is 11.3 Å². The highest BCUT2D eigenvalue weighted by Crippen LogP contribution is 2.39. The van der Waals surface area contributed by atoms with Gasteiger partial charge < -0.3 is 19.5 Å². The van der Waals surface area contributed by atoms with Gasteiger partial charge in [0.2, 0.25) is 6.79 Å². The molecule has 2 aliphatic heterocycles. The third kappa shape index (κ3) is 3.01. The Hall–Kier alpha value is -3.03. The molecule has 1 amide bonds. The van der Waals surface area contributed by atoms with Gasteiger partial charge in [-0.1, -0.05) is 6.07 Å². The molecule has 8 nitrogen and oxygen atoms in total. The molecule has 27 heavy (non-hydrogen) atoms. The first-order chi connectivity index (χ1) is 13.0. The summed E-state index contributed by atoms with van der Waals surface area (Å²) in [6.45, 7) is 5.00. The van der Waals surface area contributed by atoms with E-state index >= 15 is 0 Å². The van der Waals surface area contributed by atoms with E-state index < -0.39 is 11.9 Å². The molecule has 2 aliphatic rings. The second-order valence-electron chi connectivity index (χ2n) is 6.86. The zero-order chi connectivity index (χ0) is 19.1. The maximum absolute atomic E-state index is 13.0. The van der Waals surface area contributed by atoms with E-state index in [4.69, 9.17) is 9.47 Å². The second kappa shape index (κ2) is 6.61. The van der Waals surface area contributed by atoms with Crippen LogP contribution < -0.4 is 9.47 Å². The Morgan fingerprint density at radius 1 is 1.22 bits per heavy atom. The molecule has 1 fully saturated rings. The SMILES string of the molecule is CCn1nc(C)cc1C(=O)N1C[C@H](C(=O)O)[C@@H](c2ccc3c(c2)OCO3)C1. The number of likely N-dealkylation sites (tertiary alicyclic amines) is 1. The molecule has 1 saturated heterocycles. The number of carboxylic acids is 1. The Labute approximate surface area is 156 Å². The Kier molecular flexibility index (Phi) is 4.25. The average molecular weight is 371 g/mol. The molecule has 0 saturated carbocycles. The minimum atomic E-state index is -0.909. The van der Waals surface area contributed by atoms with Crippen LogP contribution in [0.15, 0.2) is 24.3 Å². The molecule has 1 N–H and O–H groups in total. The molecule has 2 atom stereocenters. The smallest absolute Gasteiger partial charge is 0.308 e. The number of aliphatic carboxylic acids is 1. The Balaban J connectivity index is 1.62. The lowest BCUT2D eigenvalue weighted by Crippen LogP contribution is -2.31. The van der Waals surface area contributed by atoms with Gasteiger partial charge in [-0.15, -0.1) is 0 Å². The van der Waals surface area contributed by atoms with Crippen LogP contribution in [0, 0.1) is 12.8 Å². The standard InChI is InChI=1S/C19H21N3O5/c1-3-22-15(6-11(2)20-22)18(23)21-8-13(14(9-21)19(24)25)12-4-5-16-17(7-12)27-10-26-16/h4-7,13-14H,3,8-10H2,1-2H3,(H,24,25)/t13-,14+/m1/s1. The summed E-state index contributed by atoms with van der Waals surface area (Å²) < 4.78 is 12.4. The van der Waals surface area contributed by atoms with Crippen molar-refractivity contribution in [3.05, 3.63) is 41.2 Å². The molecule has 3 heterocycles. The first-order valence-electron chi connectivity index (χ1n) is 8.94. The molecule has 1 aromatic heterocycles. The van der Waals surface area contributed by atoms with Gasteiger partial charge in [-0.25, -0.2) is 0 Å². The first kappa shape index (κ1) is 17.4. The maximum atomic E-state index is 13.0. The number of hydrogen-bond donors (Lipinski definition) is 1. The molecule has 0 radical (unpaired) electrons. The fraction of sp³-hybridized carbons (Fsp3) is 0.421. The number of aromatic nitrogens is 2. The lowest BCUT2D eigenvalue weighted by molar-refractivity contribution is -0.141. The summed E-state index contributed by atoms with van der Waals surface area (Å²) in [4.78, 5) is 26.4.